The number of methoxy groups -OCH3 is 1. The number of halogens is 1. The van der Waals surface area contributed by atoms with Crippen molar-refractivity contribution in [1.82, 2.24) is 10.2 Å². The number of rotatable bonds is 13. The molecule has 1 N–H and O–H groups in total. The minimum Gasteiger partial charge on any atom is -0.465 e. The van der Waals surface area contributed by atoms with E-state index in [1.807, 2.05) is 37.4 Å². The highest BCUT2D eigenvalue weighted by Gasteiger charge is 2.44. The molecule has 0 bridgehead atoms. The van der Waals surface area contributed by atoms with E-state index in [1.165, 1.54) is 37.6 Å². The van der Waals surface area contributed by atoms with E-state index in [4.69, 9.17) is 21.1 Å². The van der Waals surface area contributed by atoms with Gasteiger partial charge in [-0.3, -0.25) is 4.90 Å². The van der Waals surface area contributed by atoms with E-state index in [0.717, 1.165) is 81.9 Å². The highest BCUT2D eigenvalue weighted by molar-refractivity contribution is 6.32. The van der Waals surface area contributed by atoms with Crippen LogP contribution in [0.5, 0.6) is 0 Å². The highest BCUT2D eigenvalue weighted by Crippen LogP contribution is 2.46. The Bertz CT molecular complexity index is 1780. The van der Waals surface area contributed by atoms with E-state index < -0.39 is 11.9 Å². The van der Waals surface area contributed by atoms with Crippen LogP contribution < -0.4 is 15.1 Å². The monoisotopic (exact) mass is 725 g/mol. The lowest BCUT2D eigenvalue weighted by molar-refractivity contribution is 0.0504. The van der Waals surface area contributed by atoms with E-state index in [1.54, 1.807) is 6.92 Å². The van der Waals surface area contributed by atoms with Crippen molar-refractivity contribution in [3.05, 3.63) is 93.0 Å². The number of nitrogens with one attached hydrogen (secondary N) is 1. The second kappa shape index (κ2) is 16.7. The minimum absolute atomic E-state index is 0.245. The van der Waals surface area contributed by atoms with Crippen molar-refractivity contribution in [2.45, 2.75) is 71.5 Å². The van der Waals surface area contributed by atoms with Gasteiger partial charge in [-0.2, -0.15) is 5.26 Å². The van der Waals surface area contributed by atoms with Gasteiger partial charge < -0.3 is 24.6 Å². The molecule has 52 heavy (non-hydrogen) atoms. The summed E-state index contributed by atoms with van der Waals surface area (Å²) in [4.78, 5) is 32.7. The van der Waals surface area contributed by atoms with Crippen LogP contribution in [0.15, 0.2) is 54.6 Å². The first-order valence-corrected chi connectivity index (χ1v) is 19.1. The molecular weight excluding hydrogens is 674 g/mol. The van der Waals surface area contributed by atoms with Crippen LogP contribution in [0.3, 0.4) is 0 Å². The molecule has 2 fully saturated rings. The number of hydrogen-bond donors (Lipinski definition) is 1. The molecule has 3 aliphatic heterocycles. The Morgan fingerprint density at radius 3 is 2.29 bits per heavy atom. The lowest BCUT2D eigenvalue weighted by Crippen LogP contribution is -2.41. The molecule has 2 saturated heterocycles. The first-order chi connectivity index (χ1) is 25.1. The third-order valence-corrected chi connectivity index (χ3v) is 11.8. The van der Waals surface area contributed by atoms with Gasteiger partial charge in [-0.15, -0.1) is 0 Å². The molecule has 3 heterocycles. The molecule has 1 unspecified atom stereocenters. The normalized spacial score (nSPS) is 18.7. The zero-order valence-electron chi connectivity index (χ0n) is 31.1. The fraction of sp³-hybridized carbons (Fsp3) is 0.500. The molecule has 2 atom stereocenters. The molecule has 10 heteroatoms. The van der Waals surface area contributed by atoms with Crippen molar-refractivity contribution < 1.29 is 19.1 Å². The van der Waals surface area contributed by atoms with Crippen LogP contribution in [0.4, 0.5) is 11.4 Å². The molecule has 0 aliphatic carbocycles. The molecule has 0 radical (unpaired) electrons. The molecule has 1 spiro atoms. The number of benzene rings is 3. The topological polar surface area (TPSA) is 98.1 Å². The summed E-state index contributed by atoms with van der Waals surface area (Å²) in [7, 11) is 3.34. The maximum atomic E-state index is 12.7. The Balaban J connectivity index is 1.02. The van der Waals surface area contributed by atoms with Gasteiger partial charge in [0.15, 0.2) is 0 Å². The molecule has 3 aromatic rings. The number of ether oxygens (including phenoxy) is 2. The number of hydrogen-bond acceptors (Lipinski definition) is 9. The fourth-order valence-corrected chi connectivity index (χ4v) is 8.85. The third kappa shape index (κ3) is 8.41. The molecule has 6 rings (SSSR count). The zero-order chi connectivity index (χ0) is 36.8. The summed E-state index contributed by atoms with van der Waals surface area (Å²) in [6.07, 6.45) is 6.69. The summed E-state index contributed by atoms with van der Waals surface area (Å²) < 4.78 is 10.2. The molecule has 0 amide bonds. The standard InChI is InChI=1S/C42H52ClN5O4/c1-5-52-41(50)38-21-34-27-46(26-33(34)20-37(38)40(49)51-4)25-31(14-17-45-3)7-6-30-8-11-35(12-9-30)47-18-15-42(16-19-47)23-29(2)48(28-42)36-13-10-32(24-44)39(43)22-36/h8-13,20-22,29,31,45H,5-7,14-19,23,25-28H2,1-4H3/t29-,31?/m0/s1. The van der Waals surface area contributed by atoms with Crippen LogP contribution in [0.2, 0.25) is 5.02 Å². The van der Waals surface area contributed by atoms with Crippen LogP contribution in [0.1, 0.15) is 88.9 Å². The Morgan fingerprint density at radius 1 is 1.00 bits per heavy atom. The molecule has 3 aromatic carbocycles. The third-order valence-electron chi connectivity index (χ3n) is 11.5. The number of nitriles is 1. The van der Waals surface area contributed by atoms with Crippen molar-refractivity contribution in [2.24, 2.45) is 11.3 Å². The SMILES string of the molecule is CCOC(=O)c1cc2c(cc1C(=O)OC)CN(CC(CCNC)CCc1ccc(N3CCC4(CC3)C[C@H](C)N(c3ccc(C#N)c(Cl)c3)C4)cc1)C2. The van der Waals surface area contributed by atoms with Crippen molar-refractivity contribution in [2.75, 3.05) is 63.3 Å². The maximum Gasteiger partial charge on any atom is 0.339 e. The summed E-state index contributed by atoms with van der Waals surface area (Å²) in [5, 5.41) is 13.1. The van der Waals surface area contributed by atoms with E-state index in [-0.39, 0.29) is 17.7 Å². The number of esters is 2. The number of fused-ring (bicyclic) bond motifs is 1. The Hall–Kier alpha value is -4.10. The average molecular weight is 726 g/mol. The summed E-state index contributed by atoms with van der Waals surface area (Å²) in [6.45, 7) is 10.8. The highest BCUT2D eigenvalue weighted by atomic mass is 35.5. The average Bonchev–Trinajstić information content (AvgIpc) is 3.71. The van der Waals surface area contributed by atoms with Crippen LogP contribution in [-0.4, -0.2) is 76.4 Å². The number of carbonyl (C=O) groups is 2. The minimum atomic E-state index is -0.520. The zero-order valence-corrected chi connectivity index (χ0v) is 31.8. The molecule has 276 valence electrons. The molecule has 9 nitrogen and oxygen atoms in total. The maximum absolute atomic E-state index is 12.7. The summed E-state index contributed by atoms with van der Waals surface area (Å²) in [6, 6.07) is 21.3. The van der Waals surface area contributed by atoms with Gasteiger partial charge in [-0.1, -0.05) is 23.7 Å². The quantitative estimate of drug-likeness (QED) is 0.183. The van der Waals surface area contributed by atoms with Gasteiger partial charge in [-0.05, 0) is 136 Å². The van der Waals surface area contributed by atoms with Gasteiger partial charge in [-0.25, -0.2) is 9.59 Å². The number of aryl methyl sites for hydroxylation is 1. The molecule has 0 aromatic heterocycles. The molecule has 0 saturated carbocycles. The Morgan fingerprint density at radius 2 is 1.67 bits per heavy atom. The van der Waals surface area contributed by atoms with E-state index in [2.05, 4.69) is 57.3 Å². The summed E-state index contributed by atoms with van der Waals surface area (Å²) in [5.74, 6) is -0.514. The van der Waals surface area contributed by atoms with Crippen LogP contribution >= 0.6 is 11.6 Å². The van der Waals surface area contributed by atoms with E-state index >= 15 is 0 Å². The predicted molar refractivity (Wildman–Crippen MR) is 206 cm³/mol. The van der Waals surface area contributed by atoms with Crippen LogP contribution in [0.25, 0.3) is 0 Å². The number of nitrogens with zero attached hydrogens (tertiary/aromatic N) is 4. The van der Waals surface area contributed by atoms with Crippen LogP contribution in [-0.2, 0) is 29.0 Å². The second-order valence-electron chi connectivity index (χ2n) is 15.0. The van der Waals surface area contributed by atoms with Crippen molar-refractivity contribution in [1.29, 1.82) is 5.26 Å². The Labute approximate surface area is 313 Å². The Kier molecular flexibility index (Phi) is 12.1. The lowest BCUT2D eigenvalue weighted by Gasteiger charge is -2.40. The smallest absolute Gasteiger partial charge is 0.339 e. The van der Waals surface area contributed by atoms with Crippen molar-refractivity contribution in [3.63, 3.8) is 0 Å². The van der Waals surface area contributed by atoms with Gasteiger partial charge in [0.1, 0.15) is 6.07 Å². The predicted octanol–water partition coefficient (Wildman–Crippen LogP) is 7.23. The summed E-state index contributed by atoms with van der Waals surface area (Å²) >= 11 is 6.39. The number of anilines is 2. The van der Waals surface area contributed by atoms with Gasteiger partial charge >= 0.3 is 11.9 Å². The first kappa shape index (κ1) is 37.7. The van der Waals surface area contributed by atoms with Crippen molar-refractivity contribution in [3.8, 4) is 6.07 Å². The second-order valence-corrected chi connectivity index (χ2v) is 15.4. The van der Waals surface area contributed by atoms with Gasteiger partial charge in [0.2, 0.25) is 0 Å². The number of carbonyl (C=O) groups excluding carboxylic acids is 2. The fourth-order valence-electron chi connectivity index (χ4n) is 8.63. The van der Waals surface area contributed by atoms with Gasteiger partial charge in [0, 0.05) is 56.7 Å². The van der Waals surface area contributed by atoms with Gasteiger partial charge in [0.25, 0.3) is 0 Å². The largest absolute Gasteiger partial charge is 0.465 e. The molecule has 3 aliphatic rings. The van der Waals surface area contributed by atoms with Crippen molar-refractivity contribution >= 4 is 34.9 Å². The lowest BCUT2D eigenvalue weighted by atomic mass is 9.76. The first-order valence-electron chi connectivity index (χ1n) is 18.7. The van der Waals surface area contributed by atoms with Gasteiger partial charge in [0.05, 0.1) is 35.4 Å². The summed E-state index contributed by atoms with van der Waals surface area (Å²) in [5.41, 5.74) is 7.29. The van der Waals surface area contributed by atoms with E-state index in [0.29, 0.717) is 28.0 Å². The van der Waals surface area contributed by atoms with Crippen LogP contribution in [0, 0.1) is 22.7 Å². The van der Waals surface area contributed by atoms with E-state index in [9.17, 15) is 14.9 Å². The number of piperidine rings is 1. The molecular formula is C42H52ClN5O4.